The standard InChI is InChI=1S/C16H22N4O/c1-2-10-3-6-12(7-4-10)18-16-19-14-8-5-11(17)9-13(14)15(21)20-16/h5,8-10,12H,2-4,6-7,17H2,1H3,(H2,18,19,20,21). The minimum absolute atomic E-state index is 0.142. The number of H-pyrrole nitrogens is 1. The molecule has 5 heteroatoms. The summed E-state index contributed by atoms with van der Waals surface area (Å²) in [6, 6.07) is 5.63. The maximum atomic E-state index is 12.1. The van der Waals surface area contributed by atoms with Crippen LogP contribution in [0.5, 0.6) is 0 Å². The van der Waals surface area contributed by atoms with Crippen LogP contribution in [0.25, 0.3) is 10.9 Å². The summed E-state index contributed by atoms with van der Waals surface area (Å²) in [5.74, 6) is 1.42. The first kappa shape index (κ1) is 13.9. The van der Waals surface area contributed by atoms with E-state index in [1.54, 1.807) is 18.2 Å². The van der Waals surface area contributed by atoms with E-state index in [4.69, 9.17) is 5.73 Å². The van der Waals surface area contributed by atoms with Crippen molar-refractivity contribution in [2.24, 2.45) is 5.92 Å². The lowest BCUT2D eigenvalue weighted by molar-refractivity contribution is 0.329. The Balaban J connectivity index is 1.79. The average Bonchev–Trinajstić information content (AvgIpc) is 2.49. The molecule has 4 N–H and O–H groups in total. The van der Waals surface area contributed by atoms with Crippen molar-refractivity contribution in [3.05, 3.63) is 28.6 Å². The first-order chi connectivity index (χ1) is 10.2. The molecule has 1 saturated carbocycles. The van der Waals surface area contributed by atoms with Crippen LogP contribution in [-0.2, 0) is 0 Å². The lowest BCUT2D eigenvalue weighted by Crippen LogP contribution is -2.28. The number of aromatic nitrogens is 2. The predicted octanol–water partition coefficient (Wildman–Crippen LogP) is 2.89. The molecular formula is C16H22N4O. The number of nitrogens with zero attached hydrogens (tertiary/aromatic N) is 1. The number of hydrogen-bond donors (Lipinski definition) is 3. The fourth-order valence-corrected chi connectivity index (χ4v) is 3.13. The van der Waals surface area contributed by atoms with Crippen LogP contribution < -0.4 is 16.6 Å². The highest BCUT2D eigenvalue weighted by Crippen LogP contribution is 2.27. The summed E-state index contributed by atoms with van der Waals surface area (Å²) in [7, 11) is 0. The SMILES string of the molecule is CCC1CCC(Nc2nc3ccc(N)cc3c(=O)[nH]2)CC1. The third-order valence-corrected chi connectivity index (χ3v) is 4.49. The Morgan fingerprint density at radius 1 is 1.33 bits per heavy atom. The smallest absolute Gasteiger partial charge is 0.260 e. The van der Waals surface area contributed by atoms with Crippen LogP contribution >= 0.6 is 0 Å². The number of aromatic amines is 1. The minimum Gasteiger partial charge on any atom is -0.399 e. The molecule has 0 unspecified atom stereocenters. The summed E-state index contributed by atoms with van der Waals surface area (Å²) in [6.45, 7) is 2.26. The molecule has 0 amide bonds. The molecule has 5 nitrogen and oxygen atoms in total. The van der Waals surface area contributed by atoms with Crippen molar-refractivity contribution in [3.8, 4) is 0 Å². The molecule has 3 rings (SSSR count). The normalized spacial score (nSPS) is 22.3. The fraction of sp³-hybridized carbons (Fsp3) is 0.500. The summed E-state index contributed by atoms with van der Waals surface area (Å²) in [4.78, 5) is 19.4. The van der Waals surface area contributed by atoms with E-state index < -0.39 is 0 Å². The number of anilines is 2. The van der Waals surface area contributed by atoms with Crippen molar-refractivity contribution in [2.45, 2.75) is 45.1 Å². The number of benzene rings is 1. The Labute approximate surface area is 124 Å². The largest absolute Gasteiger partial charge is 0.399 e. The molecule has 0 bridgehead atoms. The van der Waals surface area contributed by atoms with Gasteiger partial charge in [0.05, 0.1) is 10.9 Å². The van der Waals surface area contributed by atoms with E-state index >= 15 is 0 Å². The van der Waals surface area contributed by atoms with Crippen molar-refractivity contribution in [3.63, 3.8) is 0 Å². The number of rotatable bonds is 3. The molecule has 2 aromatic rings. The van der Waals surface area contributed by atoms with Crippen molar-refractivity contribution in [1.82, 2.24) is 9.97 Å². The van der Waals surface area contributed by atoms with Gasteiger partial charge in [-0.05, 0) is 49.8 Å². The molecule has 0 radical (unpaired) electrons. The van der Waals surface area contributed by atoms with Crippen molar-refractivity contribution in [2.75, 3.05) is 11.1 Å². The highest BCUT2D eigenvalue weighted by molar-refractivity contribution is 5.81. The summed E-state index contributed by atoms with van der Waals surface area (Å²) in [5, 5.41) is 3.91. The van der Waals surface area contributed by atoms with E-state index in [9.17, 15) is 4.79 Å². The van der Waals surface area contributed by atoms with Crippen molar-refractivity contribution in [1.29, 1.82) is 0 Å². The zero-order valence-corrected chi connectivity index (χ0v) is 12.4. The summed E-state index contributed by atoms with van der Waals surface area (Å²) in [5.41, 5.74) is 6.82. The van der Waals surface area contributed by atoms with Crippen LogP contribution in [0.3, 0.4) is 0 Å². The Morgan fingerprint density at radius 3 is 2.81 bits per heavy atom. The summed E-state index contributed by atoms with van der Waals surface area (Å²) in [6.07, 6.45) is 6.05. The first-order valence-corrected chi connectivity index (χ1v) is 7.72. The van der Waals surface area contributed by atoms with Gasteiger partial charge in [0.25, 0.3) is 5.56 Å². The van der Waals surface area contributed by atoms with E-state index in [0.29, 0.717) is 28.6 Å². The number of hydrogen-bond acceptors (Lipinski definition) is 4. The zero-order valence-electron chi connectivity index (χ0n) is 12.4. The van der Waals surface area contributed by atoms with Crippen LogP contribution in [-0.4, -0.2) is 16.0 Å². The van der Waals surface area contributed by atoms with Gasteiger partial charge >= 0.3 is 0 Å². The fourth-order valence-electron chi connectivity index (χ4n) is 3.13. The maximum Gasteiger partial charge on any atom is 0.260 e. The molecule has 1 aromatic carbocycles. The van der Waals surface area contributed by atoms with Crippen molar-refractivity contribution < 1.29 is 0 Å². The van der Waals surface area contributed by atoms with Gasteiger partial charge in [-0.15, -0.1) is 0 Å². The molecule has 0 atom stereocenters. The Hall–Kier alpha value is -2.04. The quantitative estimate of drug-likeness (QED) is 0.757. The van der Waals surface area contributed by atoms with Gasteiger partial charge in [0, 0.05) is 11.7 Å². The van der Waals surface area contributed by atoms with Gasteiger partial charge in [0.1, 0.15) is 0 Å². The Morgan fingerprint density at radius 2 is 2.10 bits per heavy atom. The third-order valence-electron chi connectivity index (χ3n) is 4.49. The Kier molecular flexibility index (Phi) is 3.82. The van der Waals surface area contributed by atoms with E-state index in [1.165, 1.54) is 19.3 Å². The molecule has 0 saturated heterocycles. The minimum atomic E-state index is -0.142. The van der Waals surface area contributed by atoms with Crippen LogP contribution in [0.1, 0.15) is 39.0 Å². The van der Waals surface area contributed by atoms with E-state index in [0.717, 1.165) is 18.8 Å². The lowest BCUT2D eigenvalue weighted by Gasteiger charge is -2.28. The molecule has 1 heterocycles. The predicted molar refractivity (Wildman–Crippen MR) is 86.4 cm³/mol. The van der Waals surface area contributed by atoms with Crippen molar-refractivity contribution >= 4 is 22.5 Å². The lowest BCUT2D eigenvalue weighted by atomic mass is 9.85. The highest BCUT2D eigenvalue weighted by atomic mass is 16.1. The van der Waals surface area contributed by atoms with Gasteiger partial charge in [-0.2, -0.15) is 0 Å². The summed E-state index contributed by atoms with van der Waals surface area (Å²) >= 11 is 0. The van der Waals surface area contributed by atoms with Gasteiger partial charge in [-0.3, -0.25) is 9.78 Å². The van der Waals surface area contributed by atoms with E-state index in [-0.39, 0.29) is 5.56 Å². The average molecular weight is 286 g/mol. The number of fused-ring (bicyclic) bond motifs is 1. The van der Waals surface area contributed by atoms with Crippen LogP contribution in [0.4, 0.5) is 11.6 Å². The first-order valence-electron chi connectivity index (χ1n) is 7.72. The summed E-state index contributed by atoms with van der Waals surface area (Å²) < 4.78 is 0. The second-order valence-electron chi connectivity index (χ2n) is 5.96. The monoisotopic (exact) mass is 286 g/mol. The zero-order chi connectivity index (χ0) is 14.8. The molecule has 0 spiro atoms. The molecular weight excluding hydrogens is 264 g/mol. The Bertz CT molecular complexity index is 686. The van der Waals surface area contributed by atoms with Gasteiger partial charge < -0.3 is 11.1 Å². The van der Waals surface area contributed by atoms with E-state index in [2.05, 4.69) is 22.2 Å². The van der Waals surface area contributed by atoms with Crippen LogP contribution in [0.15, 0.2) is 23.0 Å². The van der Waals surface area contributed by atoms with Gasteiger partial charge in [-0.25, -0.2) is 4.98 Å². The second kappa shape index (κ2) is 5.76. The second-order valence-corrected chi connectivity index (χ2v) is 5.96. The number of nitrogens with one attached hydrogen (secondary N) is 2. The molecule has 1 aromatic heterocycles. The van der Waals surface area contributed by atoms with Crippen LogP contribution in [0, 0.1) is 5.92 Å². The molecule has 1 fully saturated rings. The topological polar surface area (TPSA) is 83.8 Å². The van der Waals surface area contributed by atoms with Crippen LogP contribution in [0.2, 0.25) is 0 Å². The van der Waals surface area contributed by atoms with Gasteiger partial charge in [0.2, 0.25) is 5.95 Å². The number of nitrogen functional groups attached to an aromatic ring is 1. The number of nitrogens with two attached hydrogens (primary N) is 1. The molecule has 21 heavy (non-hydrogen) atoms. The molecule has 1 aliphatic rings. The van der Waals surface area contributed by atoms with E-state index in [1.807, 2.05) is 0 Å². The highest BCUT2D eigenvalue weighted by Gasteiger charge is 2.20. The third kappa shape index (κ3) is 3.01. The van der Waals surface area contributed by atoms with Gasteiger partial charge in [0.15, 0.2) is 0 Å². The molecule has 112 valence electrons. The van der Waals surface area contributed by atoms with Gasteiger partial charge in [-0.1, -0.05) is 13.3 Å². The molecule has 1 aliphatic carbocycles. The maximum absolute atomic E-state index is 12.1. The molecule has 0 aliphatic heterocycles.